The minimum atomic E-state index is -0.567. The molecule has 0 spiro atoms. The largest absolute Gasteiger partial charge is 0.442 e. The number of hydrogen-bond donors (Lipinski definition) is 2. The van der Waals surface area contributed by atoms with Crippen LogP contribution in [0.15, 0.2) is 0 Å². The molecule has 0 aliphatic carbocycles. The summed E-state index contributed by atoms with van der Waals surface area (Å²) in [6, 6.07) is 0. The lowest BCUT2D eigenvalue weighted by Gasteiger charge is -2.19. The van der Waals surface area contributed by atoms with Gasteiger partial charge in [-0.2, -0.15) is 5.48 Å². The fourth-order valence-electron chi connectivity index (χ4n) is 0.910. The van der Waals surface area contributed by atoms with Crippen LogP contribution < -0.4 is 11.2 Å². The standard InChI is InChI=1S/C10H22N2O3/c1-8(5-6-11)7-14-12-9(13)15-10(2,3)4/h8H,5-7,11H2,1-4H3,(H,12,13). The summed E-state index contributed by atoms with van der Waals surface area (Å²) in [6.07, 6.45) is 0.304. The number of amides is 1. The van der Waals surface area contributed by atoms with Crippen molar-refractivity contribution in [1.29, 1.82) is 0 Å². The van der Waals surface area contributed by atoms with Crippen LogP contribution in [0.5, 0.6) is 0 Å². The maximum Gasteiger partial charge on any atom is 0.431 e. The molecule has 0 aliphatic rings. The minimum absolute atomic E-state index is 0.324. The number of nitrogens with two attached hydrogens (primary N) is 1. The molecule has 1 unspecified atom stereocenters. The lowest BCUT2D eigenvalue weighted by atomic mass is 10.1. The fraction of sp³-hybridized carbons (Fsp3) is 0.900. The second-order valence-electron chi connectivity index (χ2n) is 4.60. The Hall–Kier alpha value is -0.810. The molecule has 0 aromatic heterocycles. The highest BCUT2D eigenvalue weighted by atomic mass is 16.7. The van der Waals surface area contributed by atoms with E-state index in [1.807, 2.05) is 6.92 Å². The molecular formula is C10H22N2O3. The quantitative estimate of drug-likeness (QED) is 0.684. The number of carbonyl (C=O) groups is 1. The van der Waals surface area contributed by atoms with Crippen LogP contribution in [0.4, 0.5) is 4.79 Å². The van der Waals surface area contributed by atoms with E-state index in [4.69, 9.17) is 15.3 Å². The van der Waals surface area contributed by atoms with Crippen LogP contribution >= 0.6 is 0 Å². The van der Waals surface area contributed by atoms with Crippen LogP contribution in [0.1, 0.15) is 34.1 Å². The summed E-state index contributed by atoms with van der Waals surface area (Å²) in [6.45, 7) is 8.45. The zero-order valence-corrected chi connectivity index (χ0v) is 10.0. The summed E-state index contributed by atoms with van der Waals surface area (Å²) < 4.78 is 4.98. The zero-order chi connectivity index (χ0) is 11.9. The van der Waals surface area contributed by atoms with E-state index in [2.05, 4.69) is 5.48 Å². The highest BCUT2D eigenvalue weighted by Gasteiger charge is 2.16. The maximum atomic E-state index is 11.1. The van der Waals surface area contributed by atoms with Gasteiger partial charge in [0.05, 0.1) is 6.61 Å². The van der Waals surface area contributed by atoms with Crippen LogP contribution in [0.2, 0.25) is 0 Å². The number of rotatable bonds is 5. The Kier molecular flexibility index (Phi) is 6.27. The molecule has 90 valence electrons. The number of ether oxygens (including phenoxy) is 1. The SMILES string of the molecule is CC(CCN)CONC(=O)OC(C)(C)C. The van der Waals surface area contributed by atoms with Crippen molar-refractivity contribution in [2.75, 3.05) is 13.2 Å². The van der Waals surface area contributed by atoms with E-state index in [0.29, 0.717) is 19.1 Å². The van der Waals surface area contributed by atoms with Gasteiger partial charge in [0.15, 0.2) is 0 Å². The van der Waals surface area contributed by atoms with Gasteiger partial charge < -0.3 is 10.5 Å². The van der Waals surface area contributed by atoms with Crippen LogP contribution in [0.25, 0.3) is 0 Å². The van der Waals surface area contributed by atoms with Gasteiger partial charge in [0.1, 0.15) is 5.60 Å². The molecule has 0 bridgehead atoms. The van der Waals surface area contributed by atoms with Crippen molar-refractivity contribution >= 4 is 6.09 Å². The highest BCUT2D eigenvalue weighted by molar-refractivity contribution is 5.66. The van der Waals surface area contributed by atoms with Crippen LogP contribution in [-0.2, 0) is 9.57 Å². The summed E-state index contributed by atoms with van der Waals surface area (Å²) >= 11 is 0. The van der Waals surface area contributed by atoms with Crippen molar-refractivity contribution in [3.8, 4) is 0 Å². The molecule has 5 nitrogen and oxygen atoms in total. The lowest BCUT2D eigenvalue weighted by molar-refractivity contribution is -0.0165. The molecule has 15 heavy (non-hydrogen) atoms. The molecule has 0 saturated carbocycles. The molecule has 0 saturated heterocycles. The first-order valence-corrected chi connectivity index (χ1v) is 5.16. The van der Waals surface area contributed by atoms with E-state index >= 15 is 0 Å². The number of hydrogen-bond acceptors (Lipinski definition) is 4. The molecule has 0 heterocycles. The fourth-order valence-corrected chi connectivity index (χ4v) is 0.910. The smallest absolute Gasteiger partial charge is 0.431 e. The topological polar surface area (TPSA) is 73.6 Å². The molecule has 0 aromatic rings. The summed E-state index contributed by atoms with van der Waals surface area (Å²) in [4.78, 5) is 16.1. The average Bonchev–Trinajstić information content (AvgIpc) is 2.00. The second kappa shape index (κ2) is 6.63. The van der Waals surface area contributed by atoms with Crippen LogP contribution in [0, 0.1) is 5.92 Å². The van der Waals surface area contributed by atoms with Gasteiger partial charge in [0.2, 0.25) is 0 Å². The Morgan fingerprint density at radius 1 is 1.47 bits per heavy atom. The van der Waals surface area contributed by atoms with Gasteiger partial charge in [-0.15, -0.1) is 0 Å². The Morgan fingerprint density at radius 3 is 2.53 bits per heavy atom. The van der Waals surface area contributed by atoms with Crippen molar-refractivity contribution in [3.05, 3.63) is 0 Å². The normalized spacial score (nSPS) is 13.4. The highest BCUT2D eigenvalue weighted by Crippen LogP contribution is 2.06. The van der Waals surface area contributed by atoms with Crippen molar-refractivity contribution in [3.63, 3.8) is 0 Å². The molecule has 1 amide bonds. The van der Waals surface area contributed by atoms with E-state index in [0.717, 1.165) is 6.42 Å². The molecule has 5 heteroatoms. The van der Waals surface area contributed by atoms with Crippen molar-refractivity contribution < 1.29 is 14.4 Å². The Morgan fingerprint density at radius 2 is 2.07 bits per heavy atom. The number of nitrogens with one attached hydrogen (secondary N) is 1. The Bertz CT molecular complexity index is 190. The first-order chi connectivity index (χ1) is 6.85. The van der Waals surface area contributed by atoms with E-state index in [-0.39, 0.29) is 0 Å². The van der Waals surface area contributed by atoms with Crippen LogP contribution in [0.3, 0.4) is 0 Å². The maximum absolute atomic E-state index is 11.1. The van der Waals surface area contributed by atoms with Crippen molar-refractivity contribution in [1.82, 2.24) is 5.48 Å². The van der Waals surface area contributed by atoms with Gasteiger partial charge >= 0.3 is 6.09 Å². The van der Waals surface area contributed by atoms with E-state index in [1.54, 1.807) is 20.8 Å². The minimum Gasteiger partial charge on any atom is -0.442 e. The molecule has 0 aromatic carbocycles. The number of hydroxylamine groups is 1. The average molecular weight is 218 g/mol. The predicted octanol–water partition coefficient (Wildman–Crippen LogP) is 1.43. The number of carbonyl (C=O) groups excluding carboxylic acids is 1. The zero-order valence-electron chi connectivity index (χ0n) is 10.0. The molecule has 1 atom stereocenters. The second-order valence-corrected chi connectivity index (χ2v) is 4.60. The molecule has 0 rings (SSSR count). The molecule has 3 N–H and O–H groups in total. The summed E-state index contributed by atoms with van der Waals surface area (Å²) in [7, 11) is 0. The third-order valence-electron chi connectivity index (χ3n) is 1.58. The first-order valence-electron chi connectivity index (χ1n) is 5.16. The van der Waals surface area contributed by atoms with Gasteiger partial charge in [-0.05, 0) is 39.7 Å². The van der Waals surface area contributed by atoms with E-state index in [9.17, 15) is 4.79 Å². The van der Waals surface area contributed by atoms with Crippen molar-refractivity contribution in [2.24, 2.45) is 11.7 Å². The van der Waals surface area contributed by atoms with E-state index < -0.39 is 11.7 Å². The third-order valence-corrected chi connectivity index (χ3v) is 1.58. The Balaban J connectivity index is 3.55. The Labute approximate surface area is 91.3 Å². The molecular weight excluding hydrogens is 196 g/mol. The van der Waals surface area contributed by atoms with Gasteiger partial charge in [0, 0.05) is 0 Å². The summed E-state index contributed by atoms with van der Waals surface area (Å²) in [5.41, 5.74) is 7.10. The first kappa shape index (κ1) is 14.2. The molecule has 0 aliphatic heterocycles. The van der Waals surface area contributed by atoms with E-state index in [1.165, 1.54) is 0 Å². The van der Waals surface area contributed by atoms with Crippen LogP contribution in [-0.4, -0.2) is 24.8 Å². The van der Waals surface area contributed by atoms with Gasteiger partial charge in [-0.1, -0.05) is 6.92 Å². The lowest BCUT2D eigenvalue weighted by Crippen LogP contribution is -2.33. The summed E-state index contributed by atoms with van der Waals surface area (Å²) in [5, 5.41) is 0. The van der Waals surface area contributed by atoms with Gasteiger partial charge in [0.25, 0.3) is 0 Å². The predicted molar refractivity (Wildman–Crippen MR) is 58.2 cm³/mol. The molecule has 0 radical (unpaired) electrons. The van der Waals surface area contributed by atoms with Gasteiger partial charge in [-0.25, -0.2) is 4.79 Å². The van der Waals surface area contributed by atoms with Gasteiger partial charge in [-0.3, -0.25) is 4.84 Å². The third kappa shape index (κ3) is 9.49. The van der Waals surface area contributed by atoms with Crippen molar-refractivity contribution in [2.45, 2.75) is 39.7 Å². The monoisotopic (exact) mass is 218 g/mol. The summed E-state index contributed by atoms with van der Waals surface area (Å²) in [5.74, 6) is 0.324. The molecule has 0 fully saturated rings.